The molecule has 0 unspecified atom stereocenters. The number of methoxy groups -OCH3 is 1. The summed E-state index contributed by atoms with van der Waals surface area (Å²) in [4.78, 5) is 26.9. The van der Waals surface area contributed by atoms with Gasteiger partial charge in [-0.1, -0.05) is 11.2 Å². The Labute approximate surface area is 108 Å². The van der Waals surface area contributed by atoms with Crippen LogP contribution in [-0.2, 0) is 4.74 Å². The molecular weight excluding hydrogens is 250 g/mol. The number of aromatic nitrogens is 2. The molecule has 1 N–H and O–H groups in total. The fourth-order valence-corrected chi connectivity index (χ4v) is 1.42. The molecule has 0 saturated heterocycles. The third-order valence-corrected chi connectivity index (χ3v) is 2.27. The van der Waals surface area contributed by atoms with E-state index in [1.807, 2.05) is 0 Å². The van der Waals surface area contributed by atoms with Crippen LogP contribution in [0.1, 0.15) is 26.9 Å². The number of aryl methyl sites for hydroxylation is 1. The maximum Gasteiger partial charge on any atom is 0.337 e. The molecule has 0 atom stereocenters. The first-order chi connectivity index (χ1) is 9.10. The van der Waals surface area contributed by atoms with Crippen LogP contribution in [0.3, 0.4) is 0 Å². The normalized spacial score (nSPS) is 10.0. The number of esters is 1. The lowest BCUT2D eigenvalue weighted by Gasteiger charge is -2.04. The van der Waals surface area contributed by atoms with Gasteiger partial charge in [0.25, 0.3) is 11.7 Å². The van der Waals surface area contributed by atoms with Gasteiger partial charge in [0.05, 0.1) is 12.7 Å². The Morgan fingerprint density at radius 3 is 2.79 bits per heavy atom. The van der Waals surface area contributed by atoms with Crippen molar-refractivity contribution >= 4 is 17.6 Å². The molecule has 0 spiro atoms. The van der Waals surface area contributed by atoms with Gasteiger partial charge in [-0.2, -0.15) is 4.98 Å². The van der Waals surface area contributed by atoms with Crippen LogP contribution in [-0.4, -0.2) is 29.1 Å². The summed E-state index contributed by atoms with van der Waals surface area (Å²) < 4.78 is 9.30. The number of benzene rings is 1. The smallest absolute Gasteiger partial charge is 0.337 e. The molecule has 7 heteroatoms. The zero-order valence-electron chi connectivity index (χ0n) is 10.3. The fourth-order valence-electron chi connectivity index (χ4n) is 1.42. The Kier molecular flexibility index (Phi) is 3.56. The first-order valence-corrected chi connectivity index (χ1v) is 5.40. The highest BCUT2D eigenvalue weighted by atomic mass is 16.5. The zero-order valence-corrected chi connectivity index (χ0v) is 10.3. The molecular formula is C12H11N3O4. The summed E-state index contributed by atoms with van der Waals surface area (Å²) in [6, 6.07) is 6.34. The van der Waals surface area contributed by atoms with Crippen LogP contribution in [0.2, 0.25) is 0 Å². The molecule has 98 valence electrons. The maximum absolute atomic E-state index is 11.8. The minimum atomic E-state index is -0.515. The maximum atomic E-state index is 11.8. The van der Waals surface area contributed by atoms with E-state index in [9.17, 15) is 9.59 Å². The van der Waals surface area contributed by atoms with Gasteiger partial charge in [0.15, 0.2) is 0 Å². The molecule has 1 aromatic carbocycles. The molecule has 2 aromatic rings. The first kappa shape index (κ1) is 12.7. The lowest BCUT2D eigenvalue weighted by molar-refractivity contribution is 0.0600. The van der Waals surface area contributed by atoms with Crippen molar-refractivity contribution < 1.29 is 18.8 Å². The van der Waals surface area contributed by atoms with Gasteiger partial charge in [0.2, 0.25) is 5.89 Å². The Balaban J connectivity index is 2.15. The average molecular weight is 261 g/mol. The van der Waals surface area contributed by atoms with E-state index in [0.29, 0.717) is 17.1 Å². The van der Waals surface area contributed by atoms with Crippen LogP contribution in [0.4, 0.5) is 5.69 Å². The van der Waals surface area contributed by atoms with E-state index >= 15 is 0 Å². The molecule has 1 amide bonds. The minimum absolute atomic E-state index is 0.0685. The topological polar surface area (TPSA) is 94.3 Å². The van der Waals surface area contributed by atoms with Gasteiger partial charge in [-0.15, -0.1) is 0 Å². The lowest BCUT2D eigenvalue weighted by atomic mass is 10.2. The van der Waals surface area contributed by atoms with Gasteiger partial charge in [0, 0.05) is 12.6 Å². The number of ether oxygens (including phenoxy) is 1. The van der Waals surface area contributed by atoms with Crippen molar-refractivity contribution in [2.75, 3.05) is 12.4 Å². The molecule has 0 aliphatic rings. The van der Waals surface area contributed by atoms with E-state index in [0.717, 1.165) is 0 Å². The highest BCUT2D eigenvalue weighted by Crippen LogP contribution is 2.12. The second-order valence-corrected chi connectivity index (χ2v) is 3.66. The minimum Gasteiger partial charge on any atom is -0.465 e. The van der Waals surface area contributed by atoms with Gasteiger partial charge >= 0.3 is 5.97 Å². The van der Waals surface area contributed by atoms with Crippen molar-refractivity contribution in [3.8, 4) is 0 Å². The van der Waals surface area contributed by atoms with E-state index in [1.165, 1.54) is 13.2 Å². The highest BCUT2D eigenvalue weighted by molar-refractivity contribution is 6.02. The summed E-state index contributed by atoms with van der Waals surface area (Å²) in [5.41, 5.74) is 0.778. The number of rotatable bonds is 3. The SMILES string of the molecule is COC(=O)c1cccc(NC(=O)c2noc(C)n2)c1. The van der Waals surface area contributed by atoms with Crippen molar-refractivity contribution in [2.45, 2.75) is 6.92 Å². The Hall–Kier alpha value is -2.70. The molecule has 7 nitrogen and oxygen atoms in total. The van der Waals surface area contributed by atoms with Gasteiger partial charge in [0.1, 0.15) is 0 Å². The molecule has 0 aliphatic heterocycles. The first-order valence-electron chi connectivity index (χ1n) is 5.40. The van der Waals surface area contributed by atoms with Crippen LogP contribution >= 0.6 is 0 Å². The molecule has 2 rings (SSSR count). The van der Waals surface area contributed by atoms with Crippen molar-refractivity contribution in [2.24, 2.45) is 0 Å². The van der Waals surface area contributed by atoms with E-state index in [2.05, 4.69) is 20.2 Å². The van der Waals surface area contributed by atoms with Crippen LogP contribution < -0.4 is 5.32 Å². The fraction of sp³-hybridized carbons (Fsp3) is 0.167. The predicted octanol–water partition coefficient (Wildman–Crippen LogP) is 1.42. The monoisotopic (exact) mass is 261 g/mol. The zero-order chi connectivity index (χ0) is 13.8. The quantitative estimate of drug-likeness (QED) is 0.839. The van der Waals surface area contributed by atoms with Crippen LogP contribution in [0.25, 0.3) is 0 Å². The third-order valence-electron chi connectivity index (χ3n) is 2.27. The van der Waals surface area contributed by atoms with Gasteiger partial charge in [-0.05, 0) is 18.2 Å². The number of anilines is 1. The van der Waals surface area contributed by atoms with Crippen LogP contribution in [0.5, 0.6) is 0 Å². The standard InChI is InChI=1S/C12H11N3O4/c1-7-13-10(15-19-7)11(16)14-9-5-3-4-8(6-9)12(17)18-2/h3-6H,1-2H3,(H,14,16). The molecule has 0 bridgehead atoms. The molecule has 0 aliphatic carbocycles. The van der Waals surface area contributed by atoms with Gasteiger partial charge in [-0.25, -0.2) is 4.79 Å². The van der Waals surface area contributed by atoms with Gasteiger partial charge < -0.3 is 14.6 Å². The lowest BCUT2D eigenvalue weighted by Crippen LogP contribution is -2.14. The largest absolute Gasteiger partial charge is 0.465 e. The summed E-state index contributed by atoms with van der Waals surface area (Å²) in [6.45, 7) is 1.58. The second-order valence-electron chi connectivity index (χ2n) is 3.66. The molecule has 0 saturated carbocycles. The van der Waals surface area contributed by atoms with E-state index in [1.54, 1.807) is 25.1 Å². The molecule has 1 aromatic heterocycles. The summed E-state index contributed by atoms with van der Waals surface area (Å²) >= 11 is 0. The molecule has 0 radical (unpaired) electrons. The Morgan fingerprint density at radius 2 is 2.16 bits per heavy atom. The third kappa shape index (κ3) is 2.95. The number of hydrogen-bond donors (Lipinski definition) is 1. The van der Waals surface area contributed by atoms with Crippen LogP contribution in [0.15, 0.2) is 28.8 Å². The Morgan fingerprint density at radius 1 is 1.37 bits per heavy atom. The number of amides is 1. The summed E-state index contributed by atoms with van der Waals surface area (Å²) in [5, 5.41) is 6.05. The summed E-state index contributed by atoms with van der Waals surface area (Å²) in [6.07, 6.45) is 0. The summed E-state index contributed by atoms with van der Waals surface area (Å²) in [7, 11) is 1.29. The number of hydrogen-bond acceptors (Lipinski definition) is 6. The van der Waals surface area contributed by atoms with Crippen LogP contribution in [0, 0.1) is 6.92 Å². The summed E-state index contributed by atoms with van der Waals surface area (Å²) in [5.74, 6) is -0.764. The van der Waals surface area contributed by atoms with E-state index in [4.69, 9.17) is 4.52 Å². The van der Waals surface area contributed by atoms with Crippen molar-refractivity contribution in [1.82, 2.24) is 10.1 Å². The Bertz CT molecular complexity index is 621. The predicted molar refractivity (Wildman–Crippen MR) is 64.8 cm³/mol. The number of carbonyl (C=O) groups excluding carboxylic acids is 2. The molecule has 19 heavy (non-hydrogen) atoms. The second kappa shape index (κ2) is 5.30. The molecule has 1 heterocycles. The van der Waals surface area contributed by atoms with Crippen molar-refractivity contribution in [3.63, 3.8) is 0 Å². The average Bonchev–Trinajstić information content (AvgIpc) is 2.85. The van der Waals surface area contributed by atoms with Crippen molar-refractivity contribution in [3.05, 3.63) is 41.5 Å². The number of nitrogens with one attached hydrogen (secondary N) is 1. The molecule has 0 fully saturated rings. The number of carbonyl (C=O) groups is 2. The highest BCUT2D eigenvalue weighted by Gasteiger charge is 2.14. The number of nitrogens with zero attached hydrogens (tertiary/aromatic N) is 2. The van der Waals surface area contributed by atoms with Crippen molar-refractivity contribution in [1.29, 1.82) is 0 Å². The van der Waals surface area contributed by atoms with E-state index in [-0.39, 0.29) is 5.82 Å². The van der Waals surface area contributed by atoms with Gasteiger partial charge in [-0.3, -0.25) is 4.79 Å². The van der Waals surface area contributed by atoms with E-state index < -0.39 is 11.9 Å².